The van der Waals surface area contributed by atoms with Crippen molar-refractivity contribution >= 4 is 5.82 Å². The van der Waals surface area contributed by atoms with Gasteiger partial charge >= 0.3 is 0 Å². The van der Waals surface area contributed by atoms with Gasteiger partial charge in [0.2, 0.25) is 0 Å². The lowest BCUT2D eigenvalue weighted by molar-refractivity contribution is 1.04. The normalized spacial score (nSPS) is 9.75. The smallest absolute Gasteiger partial charge is 0.142 e. The maximum absolute atomic E-state index is 8.70. The van der Waals surface area contributed by atoms with Gasteiger partial charge in [0.05, 0.1) is 6.20 Å². The van der Waals surface area contributed by atoms with E-state index in [-0.39, 0.29) is 0 Å². The van der Waals surface area contributed by atoms with E-state index in [2.05, 4.69) is 20.5 Å². The van der Waals surface area contributed by atoms with Crippen LogP contribution in [0.3, 0.4) is 0 Å². The summed E-state index contributed by atoms with van der Waals surface area (Å²) >= 11 is 0. The largest absolute Gasteiger partial charge is 0.366 e. The summed E-state index contributed by atoms with van der Waals surface area (Å²) in [5.74, 6) is 0.694. The van der Waals surface area contributed by atoms with Crippen LogP contribution in [0.1, 0.15) is 17.0 Å². The maximum atomic E-state index is 8.70. The fourth-order valence-corrected chi connectivity index (χ4v) is 1.34. The Hall–Kier alpha value is -2.35. The monoisotopic (exact) mass is 213 g/mol. The molecule has 0 aliphatic heterocycles. The molecule has 2 aromatic rings. The SMILES string of the molecule is Cc1[nH]ncc1CNc1cccc(C#N)n1. The van der Waals surface area contributed by atoms with E-state index in [1.54, 1.807) is 18.3 Å². The van der Waals surface area contributed by atoms with Crippen molar-refractivity contribution in [2.45, 2.75) is 13.5 Å². The lowest BCUT2D eigenvalue weighted by atomic mass is 10.2. The molecule has 0 spiro atoms. The quantitative estimate of drug-likeness (QED) is 0.811. The number of H-pyrrole nitrogens is 1. The second kappa shape index (κ2) is 4.45. The number of aromatic nitrogens is 3. The second-order valence-corrected chi connectivity index (χ2v) is 3.39. The molecule has 0 atom stereocenters. The van der Waals surface area contributed by atoms with Crippen LogP contribution in [-0.4, -0.2) is 15.2 Å². The van der Waals surface area contributed by atoms with Gasteiger partial charge in [0, 0.05) is 17.8 Å². The van der Waals surface area contributed by atoms with Gasteiger partial charge in [-0.3, -0.25) is 5.10 Å². The number of aryl methyl sites for hydroxylation is 1. The van der Waals surface area contributed by atoms with Crippen molar-refractivity contribution in [2.75, 3.05) is 5.32 Å². The minimum absolute atomic E-state index is 0.411. The summed E-state index contributed by atoms with van der Waals surface area (Å²) in [5, 5.41) is 18.6. The van der Waals surface area contributed by atoms with Gasteiger partial charge in [-0.1, -0.05) is 6.07 Å². The Labute approximate surface area is 93.1 Å². The van der Waals surface area contributed by atoms with E-state index in [1.165, 1.54) is 0 Å². The molecule has 80 valence electrons. The minimum atomic E-state index is 0.411. The van der Waals surface area contributed by atoms with Crippen LogP contribution < -0.4 is 5.32 Å². The third-order valence-electron chi connectivity index (χ3n) is 2.26. The third kappa shape index (κ3) is 2.17. The number of nitriles is 1. The van der Waals surface area contributed by atoms with E-state index < -0.39 is 0 Å². The molecule has 2 rings (SSSR count). The van der Waals surface area contributed by atoms with Gasteiger partial charge in [-0.05, 0) is 19.1 Å². The zero-order valence-corrected chi connectivity index (χ0v) is 8.86. The molecule has 0 aromatic carbocycles. The van der Waals surface area contributed by atoms with Crippen molar-refractivity contribution in [3.63, 3.8) is 0 Å². The van der Waals surface area contributed by atoms with Crippen LogP contribution in [-0.2, 0) is 6.54 Å². The van der Waals surface area contributed by atoms with Crippen molar-refractivity contribution in [1.29, 1.82) is 5.26 Å². The Balaban J connectivity index is 2.05. The highest BCUT2D eigenvalue weighted by Crippen LogP contribution is 2.08. The molecule has 5 heteroatoms. The summed E-state index contributed by atoms with van der Waals surface area (Å²) < 4.78 is 0. The molecule has 2 N–H and O–H groups in total. The van der Waals surface area contributed by atoms with Gasteiger partial charge in [0.1, 0.15) is 17.6 Å². The first kappa shape index (κ1) is 10.2. The van der Waals surface area contributed by atoms with E-state index in [0.29, 0.717) is 18.1 Å². The minimum Gasteiger partial charge on any atom is -0.366 e. The molecule has 5 nitrogen and oxygen atoms in total. The Morgan fingerprint density at radius 2 is 2.38 bits per heavy atom. The highest BCUT2D eigenvalue weighted by Gasteiger charge is 2.01. The molecule has 0 bridgehead atoms. The zero-order chi connectivity index (χ0) is 11.4. The number of pyridine rings is 1. The number of rotatable bonds is 3. The molecule has 0 aliphatic rings. The summed E-state index contributed by atoms with van der Waals surface area (Å²) in [6.45, 7) is 2.60. The summed E-state index contributed by atoms with van der Waals surface area (Å²) in [6, 6.07) is 7.31. The Morgan fingerprint density at radius 1 is 1.50 bits per heavy atom. The molecule has 0 saturated carbocycles. The summed E-state index contributed by atoms with van der Waals surface area (Å²) in [5.41, 5.74) is 2.53. The number of aromatic amines is 1. The van der Waals surface area contributed by atoms with Crippen LogP contribution in [0.15, 0.2) is 24.4 Å². The highest BCUT2D eigenvalue weighted by molar-refractivity contribution is 5.39. The molecule has 2 heterocycles. The standard InChI is InChI=1S/C11H11N5/c1-8-9(7-14-16-8)6-13-11-4-2-3-10(5-12)15-11/h2-4,7H,6H2,1H3,(H,13,15)(H,14,16). The van der Waals surface area contributed by atoms with Crippen molar-refractivity contribution in [3.8, 4) is 6.07 Å². The molecule has 0 radical (unpaired) electrons. The lowest BCUT2D eigenvalue weighted by Crippen LogP contribution is -2.02. The van der Waals surface area contributed by atoms with Crippen molar-refractivity contribution in [3.05, 3.63) is 41.3 Å². The third-order valence-corrected chi connectivity index (χ3v) is 2.26. The number of nitrogens with zero attached hydrogens (tertiary/aromatic N) is 3. The molecule has 0 unspecified atom stereocenters. The molecule has 0 saturated heterocycles. The summed E-state index contributed by atoms with van der Waals surface area (Å²) in [7, 11) is 0. The van der Waals surface area contributed by atoms with Crippen LogP contribution in [0.4, 0.5) is 5.82 Å². The fraction of sp³-hybridized carbons (Fsp3) is 0.182. The first-order valence-electron chi connectivity index (χ1n) is 4.89. The van der Waals surface area contributed by atoms with Gasteiger partial charge in [-0.25, -0.2) is 4.98 Å². The van der Waals surface area contributed by atoms with Gasteiger partial charge in [0.25, 0.3) is 0 Å². The van der Waals surface area contributed by atoms with E-state index >= 15 is 0 Å². The Kier molecular flexibility index (Phi) is 2.83. The van der Waals surface area contributed by atoms with E-state index in [0.717, 1.165) is 11.3 Å². The maximum Gasteiger partial charge on any atom is 0.142 e. The van der Waals surface area contributed by atoms with Gasteiger partial charge in [0.15, 0.2) is 0 Å². The number of anilines is 1. The highest BCUT2D eigenvalue weighted by atomic mass is 15.1. The van der Waals surface area contributed by atoms with Crippen molar-refractivity contribution in [2.24, 2.45) is 0 Å². The molecule has 0 amide bonds. The van der Waals surface area contributed by atoms with Crippen LogP contribution >= 0.6 is 0 Å². The molecule has 2 aromatic heterocycles. The summed E-state index contributed by atoms with van der Waals surface area (Å²) in [6.07, 6.45) is 1.77. The fourth-order valence-electron chi connectivity index (χ4n) is 1.34. The van der Waals surface area contributed by atoms with Gasteiger partial charge in [-0.2, -0.15) is 10.4 Å². The first-order valence-corrected chi connectivity index (χ1v) is 4.89. The van der Waals surface area contributed by atoms with Crippen molar-refractivity contribution < 1.29 is 0 Å². The average Bonchev–Trinajstić information content (AvgIpc) is 2.72. The lowest BCUT2D eigenvalue weighted by Gasteiger charge is -2.04. The molecule has 16 heavy (non-hydrogen) atoms. The topological polar surface area (TPSA) is 77.4 Å². The van der Waals surface area contributed by atoms with Crippen molar-refractivity contribution in [1.82, 2.24) is 15.2 Å². The van der Waals surface area contributed by atoms with Gasteiger partial charge < -0.3 is 5.32 Å². The first-order chi connectivity index (χ1) is 7.79. The number of hydrogen-bond donors (Lipinski definition) is 2. The van der Waals surface area contributed by atoms with Crippen LogP contribution in [0, 0.1) is 18.3 Å². The zero-order valence-electron chi connectivity index (χ0n) is 8.86. The van der Waals surface area contributed by atoms with E-state index in [1.807, 2.05) is 19.1 Å². The molecule has 0 aliphatic carbocycles. The predicted octanol–water partition coefficient (Wildman–Crippen LogP) is 1.60. The van der Waals surface area contributed by atoms with Crippen LogP contribution in [0.25, 0.3) is 0 Å². The van der Waals surface area contributed by atoms with Gasteiger partial charge in [-0.15, -0.1) is 0 Å². The Morgan fingerprint density at radius 3 is 3.06 bits per heavy atom. The predicted molar refractivity (Wildman–Crippen MR) is 59.6 cm³/mol. The van der Waals surface area contributed by atoms with Crippen LogP contribution in [0.5, 0.6) is 0 Å². The second-order valence-electron chi connectivity index (χ2n) is 3.39. The average molecular weight is 213 g/mol. The number of hydrogen-bond acceptors (Lipinski definition) is 4. The van der Waals surface area contributed by atoms with Crippen LogP contribution in [0.2, 0.25) is 0 Å². The molecule has 0 fully saturated rings. The summed E-state index contributed by atoms with van der Waals surface area (Å²) in [4.78, 5) is 4.12. The van der Waals surface area contributed by atoms with E-state index in [4.69, 9.17) is 5.26 Å². The Bertz CT molecular complexity index is 523. The van der Waals surface area contributed by atoms with E-state index in [9.17, 15) is 0 Å². The molecular weight excluding hydrogens is 202 g/mol. The number of nitrogens with one attached hydrogen (secondary N) is 2. The molecular formula is C11H11N5.